The van der Waals surface area contributed by atoms with E-state index in [2.05, 4.69) is 126 Å². The summed E-state index contributed by atoms with van der Waals surface area (Å²) in [6.07, 6.45) is 6.85. The van der Waals surface area contributed by atoms with Crippen molar-refractivity contribution >= 4 is 58.8 Å². The number of carbonyl (C=O) groups is 4. The topological polar surface area (TPSA) is 427 Å². The second-order valence-corrected chi connectivity index (χ2v) is 23.3. The van der Waals surface area contributed by atoms with Gasteiger partial charge in [0.25, 0.3) is 23.6 Å². The van der Waals surface area contributed by atoms with Crippen LogP contribution in [0.3, 0.4) is 0 Å². The second-order valence-electron chi connectivity index (χ2n) is 22.4. The summed E-state index contributed by atoms with van der Waals surface area (Å²) in [7, 11) is 0. The molecule has 0 aliphatic rings. The van der Waals surface area contributed by atoms with E-state index < -0.39 is 35.4 Å². The Morgan fingerprint density at radius 2 is 0.824 bits per heavy atom. The number of anilines is 4. The third-order valence-electron chi connectivity index (χ3n) is 14.2. The minimum atomic E-state index is -4.42. The van der Waals surface area contributed by atoms with E-state index in [0.717, 1.165) is 34.6 Å². The number of amides is 4. The summed E-state index contributed by atoms with van der Waals surface area (Å²) in [6, 6.07) is 42.3. The maximum absolute atomic E-state index is 12.8. The first kappa shape index (κ1) is 72.9. The highest BCUT2D eigenvalue weighted by molar-refractivity contribution is 7.17. The van der Waals surface area contributed by atoms with Gasteiger partial charge in [0.05, 0.1) is 23.1 Å². The van der Waals surface area contributed by atoms with Gasteiger partial charge in [-0.15, -0.1) is 11.3 Å². The van der Waals surface area contributed by atoms with Crippen LogP contribution in [0.25, 0.3) is 79.2 Å². The second kappa shape index (κ2) is 33.5. The fraction of sp³-hybridized carbons (Fsp3) is 0.0972. The Balaban J connectivity index is 0.000000136. The van der Waals surface area contributed by atoms with Gasteiger partial charge in [0.1, 0.15) is 61.7 Å². The molecule has 15 aromatic rings. The van der Waals surface area contributed by atoms with E-state index in [1.54, 1.807) is 145 Å². The molecule has 13 heterocycles. The van der Waals surface area contributed by atoms with Crippen molar-refractivity contribution in [1.29, 1.82) is 0 Å². The predicted molar refractivity (Wildman–Crippen MR) is 383 cm³/mol. The summed E-state index contributed by atoms with van der Waals surface area (Å²) in [5.74, 6) is 2.11. The van der Waals surface area contributed by atoms with Crippen molar-refractivity contribution in [3.05, 3.63) is 258 Å². The first-order valence-corrected chi connectivity index (χ1v) is 32.8. The van der Waals surface area contributed by atoms with Crippen LogP contribution in [0.15, 0.2) is 209 Å². The number of pyridine rings is 5. The molecule has 4 amide bonds. The number of nitrogens with zero attached hydrogens (tertiary/aromatic N) is 21. The van der Waals surface area contributed by atoms with E-state index in [-0.39, 0.29) is 41.2 Å². The van der Waals surface area contributed by atoms with Gasteiger partial charge >= 0.3 is 12.1 Å². The molecule has 0 saturated carbocycles. The average molecular weight is 1470 g/mol. The number of benzene rings is 2. The molecular weight excluding hydrogens is 1420 g/mol. The number of carbonyl (C=O) groups excluding carboxylic acids is 4. The minimum absolute atomic E-state index is 0.0614. The number of aryl methyl sites for hydroxylation is 6. The summed E-state index contributed by atoms with van der Waals surface area (Å²) < 4.78 is 53.9. The molecular formula is C72H54F3N25O7S. The molecule has 36 heteroatoms. The summed E-state index contributed by atoms with van der Waals surface area (Å²) in [5, 5.41) is 18.4. The van der Waals surface area contributed by atoms with Gasteiger partial charge in [-0.25, -0.2) is 29.9 Å². The lowest BCUT2D eigenvalue weighted by Crippen LogP contribution is -2.16. The van der Waals surface area contributed by atoms with Crippen LogP contribution < -0.4 is 21.3 Å². The highest BCUT2D eigenvalue weighted by atomic mass is 32.1. The fourth-order valence-corrected chi connectivity index (χ4v) is 10.3. The van der Waals surface area contributed by atoms with E-state index in [1.165, 1.54) is 24.4 Å². The van der Waals surface area contributed by atoms with E-state index in [1.807, 2.05) is 54.6 Å². The van der Waals surface area contributed by atoms with Crippen molar-refractivity contribution in [2.45, 2.75) is 47.7 Å². The Hall–Kier alpha value is -14.8. The largest absolute Gasteiger partial charge is 0.432 e. The highest BCUT2D eigenvalue weighted by Gasteiger charge is 2.31. The number of alkyl halides is 3. The maximum atomic E-state index is 12.8. The molecule has 0 spiro atoms. The average Bonchev–Trinajstić information content (AvgIpc) is 1.61. The number of hydrogen-bond acceptors (Lipinski definition) is 29. The Morgan fingerprint density at radius 3 is 1.25 bits per heavy atom. The van der Waals surface area contributed by atoms with Crippen molar-refractivity contribution < 1.29 is 45.8 Å². The van der Waals surface area contributed by atoms with Gasteiger partial charge in [-0.1, -0.05) is 77.0 Å². The summed E-state index contributed by atoms with van der Waals surface area (Å²) in [5.41, 5.74) is 5.24. The van der Waals surface area contributed by atoms with Crippen molar-refractivity contribution in [2.75, 3.05) is 21.3 Å². The smallest absolute Gasteiger partial charge is 0.416 e. The Morgan fingerprint density at radius 1 is 0.389 bits per heavy atom. The zero-order valence-electron chi connectivity index (χ0n) is 57.3. The Labute approximate surface area is 612 Å². The number of oxazole rings is 1. The van der Waals surface area contributed by atoms with Crippen LogP contribution in [0.1, 0.15) is 81.7 Å². The SMILES string of the molecule is Cc1cc(C(=O)Nc2nc(C)nc(-c3ccccn3)n2)on1.Cc1nc(NC(=O)c2cc(-c3ccccc3)no2)nc(-c2ccccn2)n1.Cc1nc(NC(=O)c2ncc(-c3cccnc3)o2)nc(-c2ccccn2)n1.Cc1nc(NC(=O)c2sc(-c3ccc(C(F)(F)F)cc3)nc2C)nc(-c2ccccn2)n1. The third-order valence-corrected chi connectivity index (χ3v) is 15.4. The summed E-state index contributed by atoms with van der Waals surface area (Å²) in [4.78, 5) is 130. The van der Waals surface area contributed by atoms with Crippen LogP contribution in [-0.2, 0) is 6.18 Å². The first-order chi connectivity index (χ1) is 52.2. The molecule has 15 rings (SSSR count). The highest BCUT2D eigenvalue weighted by Crippen LogP contribution is 2.34. The quantitative estimate of drug-likeness (QED) is 0.0740. The van der Waals surface area contributed by atoms with E-state index in [4.69, 9.17) is 13.5 Å². The maximum Gasteiger partial charge on any atom is 0.416 e. The van der Waals surface area contributed by atoms with Crippen LogP contribution in [0.2, 0.25) is 0 Å². The van der Waals surface area contributed by atoms with Crippen LogP contribution in [0, 0.1) is 41.5 Å². The lowest BCUT2D eigenvalue weighted by molar-refractivity contribution is -0.137. The molecule has 108 heavy (non-hydrogen) atoms. The summed E-state index contributed by atoms with van der Waals surface area (Å²) >= 11 is 1.07. The first-order valence-electron chi connectivity index (χ1n) is 32.0. The Kier molecular flexibility index (Phi) is 22.6. The van der Waals surface area contributed by atoms with Crippen LogP contribution in [0.4, 0.5) is 37.0 Å². The molecule has 0 atom stereocenters. The van der Waals surface area contributed by atoms with Gasteiger partial charge in [-0.05, 0) is 114 Å². The molecule has 536 valence electrons. The molecule has 0 aliphatic carbocycles. The number of rotatable bonds is 15. The third kappa shape index (κ3) is 19.3. The number of hydrogen-bond donors (Lipinski definition) is 4. The molecule has 4 N–H and O–H groups in total. The number of nitrogens with one attached hydrogen (secondary N) is 4. The van der Waals surface area contributed by atoms with Crippen LogP contribution >= 0.6 is 11.3 Å². The van der Waals surface area contributed by atoms with Gasteiger partial charge in [0, 0.05) is 66.0 Å². The lowest BCUT2D eigenvalue weighted by Gasteiger charge is -2.06. The standard InChI is InChI=1S/C21H15F3N6OS.C19H14N6O2.C18H13N7O2.C14H12N6O2/c1-11-16(32-19(26-11)13-6-8-14(9-7-13)21(22,23)24)18(31)30-20-28-12(2)27-17(29-20)15-5-3-4-10-25-15;1-12-21-17(14-9-5-6-10-20-14)23-19(22-12)24-18(26)16-11-15(25-27-16)13-7-3-2-4-8-13;1-11-22-15(13-6-2-3-8-20-13)24-18(23-11)25-16(26)17-21-10-14(27-17)12-5-4-7-19-9-12;1-8-7-11(22-20-8)13(21)19-14-17-9(2)16-12(18-14)10-5-3-4-6-15-10/h3-10H,1-2H3,(H,27,28,29,30,31);2-11H,1H3,(H,21,22,23,24,26);2-10H,1H3,(H,22,23,24,25,26);3-7H,1-2H3,(H,16,17,18,19,21). The zero-order chi connectivity index (χ0) is 75.7. The van der Waals surface area contributed by atoms with Crippen molar-refractivity contribution in [2.24, 2.45) is 0 Å². The van der Waals surface area contributed by atoms with E-state index >= 15 is 0 Å². The van der Waals surface area contributed by atoms with Gasteiger partial charge in [0.2, 0.25) is 35.3 Å². The molecule has 0 saturated heterocycles. The molecule has 2 aromatic carbocycles. The van der Waals surface area contributed by atoms with Crippen LogP contribution in [0.5, 0.6) is 0 Å². The van der Waals surface area contributed by atoms with Gasteiger partial charge < -0.3 is 13.5 Å². The molecule has 0 aliphatic heterocycles. The van der Waals surface area contributed by atoms with Gasteiger partial charge in [-0.2, -0.15) is 53.0 Å². The minimum Gasteiger partial charge on any atom is -0.432 e. The normalized spacial score (nSPS) is 10.8. The van der Waals surface area contributed by atoms with Crippen LogP contribution in [-0.4, -0.2) is 129 Å². The summed E-state index contributed by atoms with van der Waals surface area (Å²) in [6.45, 7) is 10.2. The van der Waals surface area contributed by atoms with E-state index in [0.29, 0.717) is 108 Å². The lowest BCUT2D eigenvalue weighted by atomic mass is 10.1. The predicted octanol–water partition coefficient (Wildman–Crippen LogP) is 12.4. The van der Waals surface area contributed by atoms with Crippen molar-refractivity contribution in [3.8, 4) is 79.2 Å². The molecule has 0 bridgehead atoms. The molecule has 32 nitrogen and oxygen atoms in total. The monoisotopic (exact) mass is 1470 g/mol. The number of halogens is 3. The van der Waals surface area contributed by atoms with Gasteiger partial charge in [-0.3, -0.25) is 65.4 Å². The molecule has 0 radical (unpaired) electrons. The fourth-order valence-electron chi connectivity index (χ4n) is 9.38. The zero-order valence-corrected chi connectivity index (χ0v) is 58.1. The molecule has 0 unspecified atom stereocenters. The Bertz CT molecular complexity index is 5460. The number of thiazole rings is 1. The molecule has 0 fully saturated rings. The van der Waals surface area contributed by atoms with Crippen molar-refractivity contribution in [1.82, 2.24) is 105 Å². The van der Waals surface area contributed by atoms with Gasteiger partial charge in [0.15, 0.2) is 29.1 Å². The van der Waals surface area contributed by atoms with Crippen molar-refractivity contribution in [3.63, 3.8) is 0 Å². The van der Waals surface area contributed by atoms with E-state index in [9.17, 15) is 32.3 Å². The number of aromatic nitrogens is 21. The molecule has 13 aromatic heterocycles.